The first-order chi connectivity index (χ1) is 14.3. The molecule has 0 aromatic heterocycles. The minimum atomic E-state index is -0.967. The van der Waals surface area contributed by atoms with Crippen molar-refractivity contribution in [1.82, 2.24) is 5.01 Å². The lowest BCUT2D eigenvalue weighted by Gasteiger charge is -2.20. The molecule has 30 heavy (non-hydrogen) atoms. The van der Waals surface area contributed by atoms with Gasteiger partial charge in [0.05, 0.1) is 5.69 Å². The molecule has 0 radical (unpaired) electrons. The molecule has 0 bridgehead atoms. The van der Waals surface area contributed by atoms with E-state index in [4.69, 9.17) is 11.6 Å². The van der Waals surface area contributed by atoms with Crippen LogP contribution in [0, 0.1) is 20.8 Å². The van der Waals surface area contributed by atoms with Crippen molar-refractivity contribution in [1.29, 1.82) is 0 Å². The van der Waals surface area contributed by atoms with Gasteiger partial charge >= 0.3 is 0 Å². The average molecular weight is 426 g/mol. The highest BCUT2D eigenvalue weighted by molar-refractivity contribution is 6.32. The van der Waals surface area contributed by atoms with Crippen molar-refractivity contribution in [3.8, 4) is 0 Å². The second-order valence-electron chi connectivity index (χ2n) is 7.50. The molecule has 1 saturated heterocycles. The van der Waals surface area contributed by atoms with Gasteiger partial charge in [-0.25, -0.2) is 4.90 Å². The Morgan fingerprint density at radius 3 is 2.53 bits per heavy atom. The maximum Gasteiger partial charge on any atom is 0.263 e. The molecule has 2 aliphatic rings. The van der Waals surface area contributed by atoms with Crippen LogP contribution >= 0.6 is 11.6 Å². The van der Waals surface area contributed by atoms with Crippen molar-refractivity contribution in [2.45, 2.75) is 32.9 Å². The summed E-state index contributed by atoms with van der Waals surface area (Å²) in [5.41, 5.74) is 3.84. The maximum atomic E-state index is 13.0. The maximum absolute atomic E-state index is 13.0. The van der Waals surface area contributed by atoms with Gasteiger partial charge in [0.15, 0.2) is 12.1 Å². The predicted octanol–water partition coefficient (Wildman–Crippen LogP) is 3.20. The van der Waals surface area contributed by atoms with Gasteiger partial charge in [-0.15, -0.1) is 0 Å². The number of imide groups is 1. The fourth-order valence-electron chi connectivity index (χ4n) is 3.54. The SMILES string of the molecule is Cc1ccc(C)c(NC(=O)CN2N=NC3C(=O)N(c4ccc(C)c(Cl)c4)C(=O)C32)c1. The number of nitrogens with one attached hydrogen (secondary N) is 1. The van der Waals surface area contributed by atoms with E-state index in [1.165, 1.54) is 5.01 Å². The van der Waals surface area contributed by atoms with Gasteiger partial charge < -0.3 is 5.32 Å². The first-order valence-corrected chi connectivity index (χ1v) is 9.82. The summed E-state index contributed by atoms with van der Waals surface area (Å²) in [6.45, 7) is 5.46. The quantitative estimate of drug-likeness (QED) is 0.761. The van der Waals surface area contributed by atoms with Gasteiger partial charge in [0.25, 0.3) is 11.8 Å². The normalized spacial score (nSPS) is 20.1. The Bertz CT molecular complexity index is 1100. The second kappa shape index (κ2) is 7.53. The van der Waals surface area contributed by atoms with Gasteiger partial charge in [-0.3, -0.25) is 19.4 Å². The molecule has 2 aliphatic heterocycles. The van der Waals surface area contributed by atoms with E-state index in [0.29, 0.717) is 16.4 Å². The zero-order chi connectivity index (χ0) is 21.6. The number of nitrogens with zero attached hydrogens (tertiary/aromatic N) is 4. The summed E-state index contributed by atoms with van der Waals surface area (Å²) in [6.07, 6.45) is 0. The van der Waals surface area contributed by atoms with Crippen molar-refractivity contribution in [2.24, 2.45) is 10.3 Å². The fraction of sp³-hybridized carbons (Fsp3) is 0.286. The van der Waals surface area contributed by atoms with Crippen molar-refractivity contribution >= 4 is 40.7 Å². The number of hydrogen-bond donors (Lipinski definition) is 1. The Labute approximate surface area is 178 Å². The number of carbonyl (C=O) groups excluding carboxylic acids is 3. The van der Waals surface area contributed by atoms with Crippen LogP contribution in [0.5, 0.6) is 0 Å². The van der Waals surface area contributed by atoms with Gasteiger partial charge in [0, 0.05) is 10.7 Å². The van der Waals surface area contributed by atoms with Crippen LogP contribution in [0.1, 0.15) is 16.7 Å². The van der Waals surface area contributed by atoms with Crippen molar-refractivity contribution < 1.29 is 14.4 Å². The molecule has 2 unspecified atom stereocenters. The molecule has 1 fully saturated rings. The van der Waals surface area contributed by atoms with E-state index >= 15 is 0 Å². The topological polar surface area (TPSA) is 94.4 Å². The first kappa shape index (κ1) is 20.0. The monoisotopic (exact) mass is 425 g/mol. The Morgan fingerprint density at radius 1 is 1.07 bits per heavy atom. The number of amides is 3. The first-order valence-electron chi connectivity index (χ1n) is 9.45. The number of aryl methyl sites for hydroxylation is 3. The van der Waals surface area contributed by atoms with Crippen LogP contribution < -0.4 is 10.2 Å². The fourth-order valence-corrected chi connectivity index (χ4v) is 3.71. The molecule has 2 heterocycles. The molecule has 0 saturated carbocycles. The molecular weight excluding hydrogens is 406 g/mol. The van der Waals surface area contributed by atoms with Gasteiger partial charge in [0.1, 0.15) is 6.54 Å². The summed E-state index contributed by atoms with van der Waals surface area (Å²) in [5.74, 6) is -1.30. The van der Waals surface area contributed by atoms with E-state index in [0.717, 1.165) is 21.6 Å². The number of halogens is 1. The van der Waals surface area contributed by atoms with Crippen LogP contribution in [0.2, 0.25) is 5.02 Å². The van der Waals surface area contributed by atoms with Crippen molar-refractivity contribution in [3.63, 3.8) is 0 Å². The molecule has 9 heteroatoms. The highest BCUT2D eigenvalue weighted by Crippen LogP contribution is 2.33. The van der Waals surface area contributed by atoms with Crippen LogP contribution in [0.4, 0.5) is 11.4 Å². The van der Waals surface area contributed by atoms with Crippen molar-refractivity contribution in [2.75, 3.05) is 16.8 Å². The summed E-state index contributed by atoms with van der Waals surface area (Å²) < 4.78 is 0. The summed E-state index contributed by atoms with van der Waals surface area (Å²) in [5, 5.41) is 12.4. The molecule has 1 N–H and O–H groups in total. The van der Waals surface area contributed by atoms with Crippen LogP contribution in [0.15, 0.2) is 46.7 Å². The van der Waals surface area contributed by atoms with Crippen molar-refractivity contribution in [3.05, 3.63) is 58.1 Å². The molecule has 2 aromatic rings. The third kappa shape index (κ3) is 3.43. The largest absolute Gasteiger partial charge is 0.324 e. The standard InChI is InChI=1S/C21H20ClN5O3/c1-11-4-5-13(3)16(8-11)23-17(28)10-26-19-18(24-25-26)20(29)27(21(19)30)14-7-6-12(2)15(22)9-14/h4-9,18-19H,10H2,1-3H3,(H,23,28). The minimum Gasteiger partial charge on any atom is -0.324 e. The number of fused-ring (bicyclic) bond motifs is 1. The molecular formula is C21H20ClN5O3. The van der Waals surface area contributed by atoms with Gasteiger partial charge in [-0.1, -0.05) is 35.0 Å². The molecule has 8 nitrogen and oxygen atoms in total. The van der Waals surface area contributed by atoms with E-state index < -0.39 is 23.9 Å². The molecule has 154 valence electrons. The lowest BCUT2D eigenvalue weighted by molar-refractivity contribution is -0.123. The summed E-state index contributed by atoms with van der Waals surface area (Å²) in [7, 11) is 0. The van der Waals surface area contributed by atoms with E-state index in [2.05, 4.69) is 15.7 Å². The molecule has 0 spiro atoms. The second-order valence-corrected chi connectivity index (χ2v) is 7.91. The van der Waals surface area contributed by atoms with E-state index in [-0.39, 0.29) is 12.5 Å². The third-order valence-corrected chi connectivity index (χ3v) is 5.65. The van der Waals surface area contributed by atoms with Crippen LogP contribution in [0.25, 0.3) is 0 Å². The smallest absolute Gasteiger partial charge is 0.263 e. The number of carbonyl (C=O) groups is 3. The average Bonchev–Trinajstić information content (AvgIpc) is 3.21. The number of rotatable bonds is 4. The summed E-state index contributed by atoms with van der Waals surface area (Å²) >= 11 is 6.15. The third-order valence-electron chi connectivity index (χ3n) is 5.24. The van der Waals surface area contributed by atoms with Crippen LogP contribution in [-0.4, -0.2) is 41.4 Å². The highest BCUT2D eigenvalue weighted by atomic mass is 35.5. The zero-order valence-corrected chi connectivity index (χ0v) is 17.5. The number of anilines is 2. The Kier molecular flexibility index (Phi) is 5.03. The Hall–Kier alpha value is -3.26. The molecule has 0 aliphatic carbocycles. The van der Waals surface area contributed by atoms with E-state index in [1.807, 2.05) is 39.0 Å². The molecule has 4 rings (SSSR count). The van der Waals surface area contributed by atoms with Crippen LogP contribution in [-0.2, 0) is 14.4 Å². The number of benzene rings is 2. The Balaban J connectivity index is 1.51. The summed E-state index contributed by atoms with van der Waals surface area (Å²) in [6, 6.07) is 8.81. The molecule has 3 amide bonds. The summed E-state index contributed by atoms with van der Waals surface area (Å²) in [4.78, 5) is 39.4. The van der Waals surface area contributed by atoms with Gasteiger partial charge in [0.2, 0.25) is 5.91 Å². The van der Waals surface area contributed by atoms with Crippen LogP contribution in [0.3, 0.4) is 0 Å². The predicted molar refractivity (Wildman–Crippen MR) is 112 cm³/mol. The lowest BCUT2D eigenvalue weighted by atomic mass is 10.1. The molecule has 2 aromatic carbocycles. The van der Waals surface area contributed by atoms with Gasteiger partial charge in [-0.05, 0) is 55.7 Å². The Morgan fingerprint density at radius 2 is 1.80 bits per heavy atom. The zero-order valence-electron chi connectivity index (χ0n) is 16.7. The highest BCUT2D eigenvalue weighted by Gasteiger charge is 2.55. The number of hydrogen-bond acceptors (Lipinski definition) is 6. The van der Waals surface area contributed by atoms with E-state index in [9.17, 15) is 14.4 Å². The van der Waals surface area contributed by atoms with Gasteiger partial charge in [-0.2, -0.15) is 5.11 Å². The molecule has 2 atom stereocenters. The minimum absolute atomic E-state index is 0.195. The lowest BCUT2D eigenvalue weighted by Crippen LogP contribution is -2.43. The van der Waals surface area contributed by atoms with E-state index in [1.54, 1.807) is 18.2 Å².